The van der Waals surface area contributed by atoms with E-state index in [0.29, 0.717) is 23.8 Å². The monoisotopic (exact) mass is 318 g/mol. The number of rotatable bonds is 7. The molecule has 7 heteroatoms. The van der Waals surface area contributed by atoms with Gasteiger partial charge in [-0.3, -0.25) is 0 Å². The highest BCUT2D eigenvalue weighted by molar-refractivity contribution is 7.22. The molecule has 0 saturated heterocycles. The first-order chi connectivity index (χ1) is 10.0. The molecule has 0 spiro atoms. The van der Waals surface area contributed by atoms with E-state index in [-0.39, 0.29) is 0 Å². The highest BCUT2D eigenvalue weighted by Crippen LogP contribution is 2.33. The maximum atomic E-state index is 12.6. The minimum absolute atomic E-state index is 0.375. The van der Waals surface area contributed by atoms with Gasteiger partial charge in [-0.1, -0.05) is 18.3 Å². The van der Waals surface area contributed by atoms with Gasteiger partial charge >= 0.3 is 6.18 Å². The number of thiazole rings is 1. The molecule has 1 N–H and O–H groups in total. The van der Waals surface area contributed by atoms with Crippen LogP contribution < -0.4 is 5.32 Å². The summed E-state index contributed by atoms with van der Waals surface area (Å²) < 4.78 is 44.0. The van der Waals surface area contributed by atoms with Crippen LogP contribution in [0.3, 0.4) is 0 Å². The largest absolute Gasteiger partial charge is 0.416 e. The lowest BCUT2D eigenvalue weighted by Gasteiger charge is -2.04. The van der Waals surface area contributed by atoms with Gasteiger partial charge in [-0.15, -0.1) is 0 Å². The van der Waals surface area contributed by atoms with Crippen LogP contribution in [0.25, 0.3) is 10.2 Å². The maximum absolute atomic E-state index is 12.6. The van der Waals surface area contributed by atoms with Crippen LogP contribution in [0.1, 0.15) is 25.3 Å². The Bertz CT molecular complexity index is 583. The summed E-state index contributed by atoms with van der Waals surface area (Å²) in [6.45, 7) is 4.16. The van der Waals surface area contributed by atoms with E-state index in [4.69, 9.17) is 4.74 Å². The lowest BCUT2D eigenvalue weighted by Crippen LogP contribution is -2.05. The second-order valence-electron chi connectivity index (χ2n) is 4.59. The van der Waals surface area contributed by atoms with Gasteiger partial charge in [0.2, 0.25) is 0 Å². The quantitative estimate of drug-likeness (QED) is 0.761. The Hall–Kier alpha value is -1.34. The Kier molecular flexibility index (Phi) is 5.41. The summed E-state index contributed by atoms with van der Waals surface area (Å²) in [7, 11) is 0. The Balaban J connectivity index is 1.93. The van der Waals surface area contributed by atoms with E-state index in [1.54, 1.807) is 0 Å². The first kappa shape index (κ1) is 16.0. The van der Waals surface area contributed by atoms with Crippen molar-refractivity contribution in [3.63, 3.8) is 0 Å². The van der Waals surface area contributed by atoms with Crippen molar-refractivity contribution in [1.29, 1.82) is 0 Å². The summed E-state index contributed by atoms with van der Waals surface area (Å²) in [6.07, 6.45) is -2.50. The minimum atomic E-state index is -4.33. The van der Waals surface area contributed by atoms with Crippen LogP contribution in [-0.2, 0) is 10.9 Å². The van der Waals surface area contributed by atoms with Crippen molar-refractivity contribution in [2.24, 2.45) is 0 Å². The lowest BCUT2D eigenvalue weighted by molar-refractivity contribution is -0.137. The molecule has 21 heavy (non-hydrogen) atoms. The highest BCUT2D eigenvalue weighted by Gasteiger charge is 2.30. The number of benzene rings is 1. The molecule has 0 saturated carbocycles. The summed E-state index contributed by atoms with van der Waals surface area (Å²) >= 11 is 1.35. The Morgan fingerprint density at radius 1 is 1.29 bits per heavy atom. The van der Waals surface area contributed by atoms with Crippen molar-refractivity contribution >= 4 is 26.7 Å². The molecule has 0 amide bonds. The van der Waals surface area contributed by atoms with Crippen molar-refractivity contribution < 1.29 is 17.9 Å². The van der Waals surface area contributed by atoms with Gasteiger partial charge in [0.1, 0.15) is 0 Å². The van der Waals surface area contributed by atoms with Gasteiger partial charge in [-0.25, -0.2) is 4.98 Å². The third-order valence-corrected chi connectivity index (χ3v) is 3.80. The van der Waals surface area contributed by atoms with Gasteiger partial charge in [0.15, 0.2) is 5.13 Å². The third kappa shape index (κ3) is 4.57. The fourth-order valence-corrected chi connectivity index (χ4v) is 2.67. The summed E-state index contributed by atoms with van der Waals surface area (Å²) in [4.78, 5) is 4.19. The molecule has 2 rings (SSSR count). The number of hydrogen-bond donors (Lipinski definition) is 1. The van der Waals surface area contributed by atoms with Crippen LogP contribution in [0.15, 0.2) is 18.2 Å². The summed E-state index contributed by atoms with van der Waals surface area (Å²) in [5.74, 6) is 0. The van der Waals surface area contributed by atoms with Gasteiger partial charge in [-0.2, -0.15) is 13.2 Å². The smallest absolute Gasteiger partial charge is 0.381 e. The molecule has 0 bridgehead atoms. The Morgan fingerprint density at radius 3 is 2.81 bits per heavy atom. The fourth-order valence-electron chi connectivity index (χ4n) is 1.80. The van der Waals surface area contributed by atoms with Crippen molar-refractivity contribution in [1.82, 2.24) is 4.98 Å². The number of nitrogens with one attached hydrogen (secondary N) is 1. The lowest BCUT2D eigenvalue weighted by atomic mass is 10.2. The van der Waals surface area contributed by atoms with E-state index >= 15 is 0 Å². The van der Waals surface area contributed by atoms with Crippen LogP contribution in [0.5, 0.6) is 0 Å². The molecular formula is C14H17F3N2OS. The molecule has 0 fully saturated rings. The predicted molar refractivity (Wildman–Crippen MR) is 78.8 cm³/mol. The van der Waals surface area contributed by atoms with E-state index in [2.05, 4.69) is 17.2 Å². The molecule has 0 aliphatic carbocycles. The second-order valence-corrected chi connectivity index (χ2v) is 5.62. The minimum Gasteiger partial charge on any atom is -0.381 e. The summed E-state index contributed by atoms with van der Waals surface area (Å²) in [5, 5.41) is 3.75. The molecule has 1 heterocycles. The number of fused-ring (bicyclic) bond motifs is 1. The van der Waals surface area contributed by atoms with E-state index in [0.717, 1.165) is 36.3 Å². The number of anilines is 1. The van der Waals surface area contributed by atoms with Gasteiger partial charge in [0.25, 0.3) is 0 Å². The fraction of sp³-hybridized carbons (Fsp3) is 0.500. The molecule has 0 atom stereocenters. The van der Waals surface area contributed by atoms with E-state index in [9.17, 15) is 13.2 Å². The third-order valence-electron chi connectivity index (χ3n) is 2.81. The standard InChI is InChI=1S/C14H17F3N2OS/c1-2-7-20-8-3-6-18-13-19-11-9-10(14(15,16)17)4-5-12(11)21-13/h4-5,9H,2-3,6-8H2,1H3,(H,18,19). The molecular weight excluding hydrogens is 301 g/mol. The molecule has 1 aromatic heterocycles. The Morgan fingerprint density at radius 2 is 2.10 bits per heavy atom. The number of hydrogen-bond acceptors (Lipinski definition) is 4. The molecule has 0 aliphatic rings. The topological polar surface area (TPSA) is 34.1 Å². The van der Waals surface area contributed by atoms with E-state index in [1.807, 2.05) is 0 Å². The highest BCUT2D eigenvalue weighted by atomic mass is 32.1. The zero-order chi connectivity index (χ0) is 15.3. The molecule has 3 nitrogen and oxygen atoms in total. The van der Waals surface area contributed by atoms with Crippen molar-refractivity contribution in [3.8, 4) is 0 Å². The molecule has 1 aromatic carbocycles. The van der Waals surface area contributed by atoms with E-state index < -0.39 is 11.7 Å². The molecule has 116 valence electrons. The van der Waals surface area contributed by atoms with Crippen LogP contribution in [0, 0.1) is 0 Å². The van der Waals surface area contributed by atoms with Crippen LogP contribution in [0.2, 0.25) is 0 Å². The number of ether oxygens (including phenoxy) is 1. The molecule has 0 aliphatic heterocycles. The maximum Gasteiger partial charge on any atom is 0.416 e. The van der Waals surface area contributed by atoms with Gasteiger partial charge < -0.3 is 10.1 Å². The molecule has 0 radical (unpaired) electrons. The zero-order valence-corrected chi connectivity index (χ0v) is 12.5. The van der Waals surface area contributed by atoms with Crippen molar-refractivity contribution in [2.45, 2.75) is 25.9 Å². The average Bonchev–Trinajstić information content (AvgIpc) is 2.83. The van der Waals surface area contributed by atoms with Crippen LogP contribution >= 0.6 is 11.3 Å². The summed E-state index contributed by atoms with van der Waals surface area (Å²) in [5.41, 5.74) is -0.292. The number of halogens is 3. The van der Waals surface area contributed by atoms with E-state index in [1.165, 1.54) is 17.4 Å². The van der Waals surface area contributed by atoms with Crippen molar-refractivity contribution in [2.75, 3.05) is 25.1 Å². The van der Waals surface area contributed by atoms with Gasteiger partial charge in [-0.05, 0) is 31.0 Å². The Labute approximate surface area is 125 Å². The number of alkyl halides is 3. The zero-order valence-electron chi connectivity index (χ0n) is 11.7. The normalized spacial score (nSPS) is 12.0. The van der Waals surface area contributed by atoms with Crippen LogP contribution in [-0.4, -0.2) is 24.7 Å². The first-order valence-corrected chi connectivity index (χ1v) is 7.61. The van der Waals surface area contributed by atoms with Crippen molar-refractivity contribution in [3.05, 3.63) is 23.8 Å². The number of aromatic nitrogens is 1. The number of nitrogens with zero attached hydrogens (tertiary/aromatic N) is 1. The first-order valence-electron chi connectivity index (χ1n) is 6.80. The second kappa shape index (κ2) is 7.09. The summed E-state index contributed by atoms with van der Waals surface area (Å²) in [6, 6.07) is 3.63. The van der Waals surface area contributed by atoms with Gasteiger partial charge in [0.05, 0.1) is 15.8 Å². The SMILES string of the molecule is CCCOCCCNc1nc2cc(C(F)(F)F)ccc2s1. The molecule has 0 unspecified atom stereocenters. The predicted octanol–water partition coefficient (Wildman–Crippen LogP) is 4.54. The van der Waals surface area contributed by atoms with Gasteiger partial charge in [0, 0.05) is 19.8 Å². The molecule has 2 aromatic rings. The van der Waals surface area contributed by atoms with Crippen LogP contribution in [0.4, 0.5) is 18.3 Å². The average molecular weight is 318 g/mol.